The van der Waals surface area contributed by atoms with Gasteiger partial charge in [-0.1, -0.05) is 11.6 Å². The summed E-state index contributed by atoms with van der Waals surface area (Å²) in [6.45, 7) is 5.03. The van der Waals surface area contributed by atoms with Gasteiger partial charge >= 0.3 is 6.18 Å². The average Bonchev–Trinajstić information content (AvgIpc) is 2.64. The summed E-state index contributed by atoms with van der Waals surface area (Å²) in [5.74, 6) is -1.81. The predicted molar refractivity (Wildman–Crippen MR) is 112 cm³/mol. The summed E-state index contributed by atoms with van der Waals surface area (Å²) in [6, 6.07) is 8.04. The van der Waals surface area contributed by atoms with Gasteiger partial charge in [-0.15, -0.1) is 0 Å². The number of rotatable bonds is 5. The minimum atomic E-state index is -4.79. The molecule has 5 nitrogen and oxygen atoms in total. The molecule has 2 aromatic carbocycles. The third kappa shape index (κ3) is 5.54. The second kappa shape index (κ2) is 8.48. The maximum atomic E-state index is 13.4. The molecule has 3 aromatic rings. The second-order valence-electron chi connectivity index (χ2n) is 7.06. The molecule has 1 heterocycles. The van der Waals surface area contributed by atoms with E-state index in [4.69, 9.17) is 16.3 Å². The van der Waals surface area contributed by atoms with Crippen molar-refractivity contribution in [2.75, 3.05) is 18.6 Å². The largest absolute Gasteiger partial charge is 0.437 e. The highest BCUT2D eigenvalue weighted by atomic mass is 35.5. The van der Waals surface area contributed by atoms with E-state index in [0.29, 0.717) is 22.8 Å². The van der Waals surface area contributed by atoms with Crippen LogP contribution in [0.3, 0.4) is 0 Å². The molecule has 11 heteroatoms. The Morgan fingerprint density at radius 1 is 1.13 bits per heavy atom. The van der Waals surface area contributed by atoms with Gasteiger partial charge in [0, 0.05) is 17.2 Å². The van der Waals surface area contributed by atoms with Gasteiger partial charge in [0.1, 0.15) is 24.3 Å². The van der Waals surface area contributed by atoms with Crippen molar-refractivity contribution >= 4 is 35.7 Å². The van der Waals surface area contributed by atoms with E-state index in [1.54, 1.807) is 38.5 Å². The number of anilines is 2. The second-order valence-corrected chi connectivity index (χ2v) is 10.7. The highest BCUT2D eigenvalue weighted by molar-refractivity contribution is 7.70. The number of benzene rings is 2. The molecule has 0 unspecified atom stereocenters. The molecule has 0 amide bonds. The van der Waals surface area contributed by atoms with Gasteiger partial charge in [0.05, 0.1) is 5.02 Å². The molecule has 0 bridgehead atoms. The maximum Gasteiger partial charge on any atom is 0.423 e. The molecule has 0 aliphatic carbocycles. The van der Waals surface area contributed by atoms with Crippen LogP contribution in [-0.2, 0) is 10.7 Å². The molecule has 0 fully saturated rings. The number of hydrogen-bond donors (Lipinski definition) is 1. The van der Waals surface area contributed by atoms with Crippen LogP contribution in [-0.4, -0.2) is 23.3 Å². The number of alkyl halides is 3. The molecule has 0 radical (unpaired) electrons. The van der Waals surface area contributed by atoms with Crippen LogP contribution >= 0.6 is 18.7 Å². The van der Waals surface area contributed by atoms with Crippen LogP contribution in [0.15, 0.2) is 42.6 Å². The lowest BCUT2D eigenvalue weighted by atomic mass is 10.2. The van der Waals surface area contributed by atoms with E-state index >= 15 is 0 Å². The van der Waals surface area contributed by atoms with Crippen LogP contribution in [0, 0.1) is 12.7 Å². The summed E-state index contributed by atoms with van der Waals surface area (Å²) >= 11 is 5.86. The number of nitrogens with one attached hydrogen (secondary N) is 1. The molecule has 164 valence electrons. The van der Waals surface area contributed by atoms with Crippen molar-refractivity contribution in [1.29, 1.82) is 0 Å². The summed E-state index contributed by atoms with van der Waals surface area (Å²) in [5.41, 5.74) is 0.000101. The fraction of sp³-hybridized carbons (Fsp3) is 0.200. The van der Waals surface area contributed by atoms with Crippen LogP contribution in [0.1, 0.15) is 11.1 Å². The first-order valence-electron chi connectivity index (χ1n) is 8.85. The van der Waals surface area contributed by atoms with Gasteiger partial charge in [-0.3, -0.25) is 0 Å². The molecule has 0 aliphatic rings. The average molecular weight is 474 g/mol. The topological polar surface area (TPSA) is 64.1 Å². The van der Waals surface area contributed by atoms with Crippen molar-refractivity contribution in [2.45, 2.75) is 13.1 Å². The van der Waals surface area contributed by atoms with E-state index in [0.717, 1.165) is 18.2 Å². The van der Waals surface area contributed by atoms with E-state index in [-0.39, 0.29) is 16.7 Å². The van der Waals surface area contributed by atoms with Crippen LogP contribution < -0.4 is 15.4 Å². The zero-order chi connectivity index (χ0) is 23.0. The first kappa shape index (κ1) is 23.0. The summed E-state index contributed by atoms with van der Waals surface area (Å²) < 4.78 is 70.9. The standard InChI is InChI=1S/C20H17ClF4N3O2P/c1-11-8-13(31(2,3)29)5-6-16(11)27-19-26-10-14(20(23,24)25)18(28-19)30-17-7-4-12(22)9-15(17)21/h4-10H,1-3H3,(H,26,27,28). The Bertz CT molecular complexity index is 1180. The smallest absolute Gasteiger partial charge is 0.423 e. The molecule has 0 saturated heterocycles. The molecule has 1 aromatic heterocycles. The third-order valence-corrected chi connectivity index (χ3v) is 6.06. The minimum absolute atomic E-state index is 0.159. The zero-order valence-electron chi connectivity index (χ0n) is 16.6. The van der Waals surface area contributed by atoms with E-state index in [1.807, 2.05) is 0 Å². The number of halogens is 5. The van der Waals surface area contributed by atoms with Crippen molar-refractivity contribution in [1.82, 2.24) is 9.97 Å². The molecule has 0 aliphatic heterocycles. The fourth-order valence-corrected chi connectivity index (χ4v) is 3.75. The number of aromatic nitrogens is 2. The van der Waals surface area contributed by atoms with Gasteiger partial charge in [-0.05, 0) is 62.2 Å². The highest BCUT2D eigenvalue weighted by Crippen LogP contribution is 2.39. The lowest BCUT2D eigenvalue weighted by Gasteiger charge is -2.16. The molecule has 0 atom stereocenters. The molecule has 0 spiro atoms. The van der Waals surface area contributed by atoms with E-state index in [1.165, 1.54) is 0 Å². The van der Waals surface area contributed by atoms with Crippen LogP contribution in [0.25, 0.3) is 0 Å². The quantitative estimate of drug-likeness (QED) is 0.344. The predicted octanol–water partition coefficient (Wildman–Crippen LogP) is 6.38. The van der Waals surface area contributed by atoms with Crippen molar-refractivity contribution in [2.24, 2.45) is 0 Å². The fourth-order valence-electron chi connectivity index (χ4n) is 2.60. The van der Waals surface area contributed by atoms with E-state index in [2.05, 4.69) is 15.3 Å². The molecular formula is C20H17ClF4N3O2P. The Labute approximate surface area is 180 Å². The van der Waals surface area contributed by atoms with E-state index < -0.39 is 30.6 Å². The van der Waals surface area contributed by atoms with Crippen LogP contribution in [0.5, 0.6) is 11.6 Å². The molecule has 1 N–H and O–H groups in total. The normalized spacial score (nSPS) is 12.0. The number of ether oxygens (including phenoxy) is 1. The summed E-state index contributed by atoms with van der Waals surface area (Å²) in [7, 11) is -2.47. The lowest BCUT2D eigenvalue weighted by molar-refractivity contribution is -0.139. The Hall–Kier alpha value is -2.64. The lowest BCUT2D eigenvalue weighted by Crippen LogP contribution is -2.11. The van der Waals surface area contributed by atoms with Crippen molar-refractivity contribution in [3.63, 3.8) is 0 Å². The van der Waals surface area contributed by atoms with Crippen LogP contribution in [0.4, 0.5) is 29.2 Å². The molecule has 3 rings (SSSR count). The zero-order valence-corrected chi connectivity index (χ0v) is 18.2. The van der Waals surface area contributed by atoms with Crippen molar-refractivity contribution in [3.8, 4) is 11.6 Å². The Balaban J connectivity index is 1.98. The SMILES string of the molecule is Cc1cc(P(C)(C)=O)ccc1Nc1ncc(C(F)(F)F)c(Oc2ccc(F)cc2Cl)n1. The van der Waals surface area contributed by atoms with Crippen LogP contribution in [0.2, 0.25) is 5.02 Å². The van der Waals surface area contributed by atoms with Crippen molar-refractivity contribution in [3.05, 3.63) is 64.6 Å². The van der Waals surface area contributed by atoms with Gasteiger partial charge in [0.15, 0.2) is 0 Å². The molecule has 0 saturated carbocycles. The summed E-state index contributed by atoms with van der Waals surface area (Å²) in [6.07, 6.45) is -4.21. The Kier molecular flexibility index (Phi) is 6.30. The Morgan fingerprint density at radius 2 is 1.84 bits per heavy atom. The summed E-state index contributed by atoms with van der Waals surface area (Å²) in [5, 5.41) is 3.28. The van der Waals surface area contributed by atoms with Gasteiger partial charge in [-0.2, -0.15) is 18.2 Å². The first-order chi connectivity index (χ1) is 14.3. The first-order valence-corrected chi connectivity index (χ1v) is 11.8. The highest BCUT2D eigenvalue weighted by Gasteiger charge is 2.36. The number of aryl methyl sites for hydroxylation is 1. The van der Waals surface area contributed by atoms with Gasteiger partial charge in [0.25, 0.3) is 0 Å². The monoisotopic (exact) mass is 473 g/mol. The van der Waals surface area contributed by atoms with E-state index in [9.17, 15) is 22.1 Å². The summed E-state index contributed by atoms with van der Waals surface area (Å²) in [4.78, 5) is 7.56. The third-order valence-electron chi connectivity index (χ3n) is 4.24. The number of hydrogen-bond acceptors (Lipinski definition) is 5. The maximum absolute atomic E-state index is 13.4. The molecular weight excluding hydrogens is 457 g/mol. The molecule has 31 heavy (non-hydrogen) atoms. The van der Waals surface area contributed by atoms with Gasteiger partial charge in [-0.25, -0.2) is 9.37 Å². The Morgan fingerprint density at radius 3 is 2.42 bits per heavy atom. The van der Waals surface area contributed by atoms with Gasteiger partial charge in [0.2, 0.25) is 11.8 Å². The van der Waals surface area contributed by atoms with Crippen molar-refractivity contribution < 1.29 is 26.9 Å². The van der Waals surface area contributed by atoms with Gasteiger partial charge < -0.3 is 14.6 Å². The minimum Gasteiger partial charge on any atom is -0.437 e. The number of nitrogens with zero attached hydrogens (tertiary/aromatic N) is 2.